The summed E-state index contributed by atoms with van der Waals surface area (Å²) in [6, 6.07) is 6.73. The van der Waals surface area contributed by atoms with Crippen molar-refractivity contribution >= 4 is 5.82 Å². The second-order valence-corrected chi connectivity index (χ2v) is 6.60. The lowest BCUT2D eigenvalue weighted by Gasteiger charge is -2.26. The van der Waals surface area contributed by atoms with Gasteiger partial charge in [0.15, 0.2) is 0 Å². The first-order valence-electron chi connectivity index (χ1n) is 8.42. The molecule has 1 heterocycles. The number of nitrogens with two attached hydrogens (primary N) is 2. The molecule has 0 unspecified atom stereocenters. The molecule has 2 aromatic rings. The summed E-state index contributed by atoms with van der Waals surface area (Å²) in [5.41, 5.74) is 12.0. The molecular weight excluding hydrogens is 307 g/mol. The molecule has 5 nitrogen and oxygen atoms in total. The topological polar surface area (TPSA) is 86.9 Å². The maximum Gasteiger partial charge on any atom is 0.354 e. The molecule has 128 valence electrons. The summed E-state index contributed by atoms with van der Waals surface area (Å²) < 4.78 is 15.7. The molecular formula is C18H23FN4O. The average Bonchev–Trinajstić information content (AvgIpc) is 2.55. The highest BCUT2D eigenvalue weighted by Gasteiger charge is 2.18. The Morgan fingerprint density at radius 2 is 1.96 bits per heavy atom. The Hall–Kier alpha value is -2.21. The van der Waals surface area contributed by atoms with E-state index in [1.54, 1.807) is 12.1 Å². The highest BCUT2D eigenvalue weighted by atomic mass is 19.1. The summed E-state index contributed by atoms with van der Waals surface area (Å²) in [5, 5.41) is 0. The van der Waals surface area contributed by atoms with E-state index in [1.807, 2.05) is 0 Å². The molecule has 0 amide bonds. The summed E-state index contributed by atoms with van der Waals surface area (Å²) >= 11 is 0. The lowest BCUT2D eigenvalue weighted by Crippen LogP contribution is -2.26. The first-order valence-corrected chi connectivity index (χ1v) is 8.42. The van der Waals surface area contributed by atoms with Gasteiger partial charge >= 0.3 is 5.69 Å². The molecule has 1 fully saturated rings. The van der Waals surface area contributed by atoms with E-state index in [2.05, 4.69) is 4.98 Å². The van der Waals surface area contributed by atoms with Crippen molar-refractivity contribution in [3.8, 4) is 5.69 Å². The van der Waals surface area contributed by atoms with Crippen molar-refractivity contribution in [2.75, 3.05) is 5.73 Å². The molecule has 0 aliphatic heterocycles. The minimum atomic E-state index is -0.513. The Morgan fingerprint density at radius 1 is 1.21 bits per heavy atom. The third kappa shape index (κ3) is 3.82. The largest absolute Gasteiger partial charge is 0.383 e. The Kier molecular flexibility index (Phi) is 4.94. The van der Waals surface area contributed by atoms with Crippen molar-refractivity contribution in [3.05, 3.63) is 52.3 Å². The number of nitrogen functional groups attached to an aromatic ring is 1. The van der Waals surface area contributed by atoms with Crippen LogP contribution in [0.5, 0.6) is 0 Å². The number of aryl methyl sites for hydroxylation is 1. The molecule has 0 spiro atoms. The standard InChI is InChI=1S/C18H23FN4O/c19-16-11-15(23-10-9-17(21)22-18(23)24)8-5-13(16)4-1-12-2-6-14(20)7-3-12/h5,8-12,14H,1-4,6-7,20H2,(H2,21,22,24). The van der Waals surface area contributed by atoms with Crippen LogP contribution in [0.1, 0.15) is 37.7 Å². The lowest BCUT2D eigenvalue weighted by molar-refractivity contribution is 0.310. The van der Waals surface area contributed by atoms with Crippen LogP contribution in [0, 0.1) is 11.7 Å². The SMILES string of the molecule is Nc1ccn(-c2ccc(CCC3CCC(N)CC3)c(F)c2)c(=O)n1. The van der Waals surface area contributed by atoms with Gasteiger partial charge in [0, 0.05) is 12.2 Å². The van der Waals surface area contributed by atoms with Crippen molar-refractivity contribution < 1.29 is 4.39 Å². The Morgan fingerprint density at radius 3 is 2.62 bits per heavy atom. The van der Waals surface area contributed by atoms with E-state index in [0.717, 1.165) is 32.1 Å². The quantitative estimate of drug-likeness (QED) is 0.901. The highest BCUT2D eigenvalue weighted by molar-refractivity contribution is 5.37. The van der Waals surface area contributed by atoms with Gasteiger partial charge in [-0.2, -0.15) is 4.98 Å². The van der Waals surface area contributed by atoms with Crippen LogP contribution in [0.2, 0.25) is 0 Å². The van der Waals surface area contributed by atoms with Gasteiger partial charge in [-0.15, -0.1) is 0 Å². The first kappa shape index (κ1) is 16.6. The summed E-state index contributed by atoms with van der Waals surface area (Å²) in [5.74, 6) is 0.497. The molecule has 0 bridgehead atoms. The van der Waals surface area contributed by atoms with Gasteiger partial charge in [0.05, 0.1) is 5.69 Å². The fourth-order valence-electron chi connectivity index (χ4n) is 3.34. The summed E-state index contributed by atoms with van der Waals surface area (Å²) in [6.45, 7) is 0. The third-order valence-electron chi connectivity index (χ3n) is 4.85. The van der Waals surface area contributed by atoms with Crippen LogP contribution >= 0.6 is 0 Å². The number of aromatic nitrogens is 2. The van der Waals surface area contributed by atoms with Crippen LogP contribution in [0.25, 0.3) is 5.69 Å². The molecule has 1 aliphatic rings. The molecule has 3 rings (SSSR count). The van der Waals surface area contributed by atoms with Gasteiger partial charge in [0.25, 0.3) is 0 Å². The summed E-state index contributed by atoms with van der Waals surface area (Å²) in [7, 11) is 0. The molecule has 1 aliphatic carbocycles. The predicted octanol–water partition coefficient (Wildman–Crippen LogP) is 2.40. The Labute approximate surface area is 140 Å². The van der Waals surface area contributed by atoms with Crippen molar-refractivity contribution in [1.82, 2.24) is 9.55 Å². The van der Waals surface area contributed by atoms with Crippen LogP contribution in [0.15, 0.2) is 35.3 Å². The van der Waals surface area contributed by atoms with E-state index in [0.29, 0.717) is 29.6 Å². The monoisotopic (exact) mass is 330 g/mol. The minimum absolute atomic E-state index is 0.153. The Balaban J connectivity index is 1.69. The van der Waals surface area contributed by atoms with Crippen molar-refractivity contribution in [1.29, 1.82) is 0 Å². The van der Waals surface area contributed by atoms with Crippen LogP contribution in [0.4, 0.5) is 10.2 Å². The molecule has 0 radical (unpaired) electrons. The zero-order valence-electron chi connectivity index (χ0n) is 13.6. The molecule has 4 N–H and O–H groups in total. The molecule has 6 heteroatoms. The minimum Gasteiger partial charge on any atom is -0.383 e. The van der Waals surface area contributed by atoms with Crippen molar-refractivity contribution in [2.45, 2.75) is 44.6 Å². The number of halogens is 1. The molecule has 0 saturated heterocycles. The van der Waals surface area contributed by atoms with Gasteiger partial charge in [-0.3, -0.25) is 4.57 Å². The van der Waals surface area contributed by atoms with Gasteiger partial charge in [0.2, 0.25) is 0 Å². The number of nitrogens with zero attached hydrogens (tertiary/aromatic N) is 2. The summed E-state index contributed by atoms with van der Waals surface area (Å²) in [6.07, 6.45) is 7.59. The molecule has 0 atom stereocenters. The molecule has 1 aromatic heterocycles. The van der Waals surface area contributed by atoms with E-state index in [9.17, 15) is 9.18 Å². The van der Waals surface area contributed by atoms with E-state index in [1.165, 1.54) is 22.9 Å². The maximum absolute atomic E-state index is 14.4. The van der Waals surface area contributed by atoms with E-state index in [-0.39, 0.29) is 11.6 Å². The van der Waals surface area contributed by atoms with Crippen LogP contribution in [-0.4, -0.2) is 15.6 Å². The van der Waals surface area contributed by atoms with E-state index >= 15 is 0 Å². The number of rotatable bonds is 4. The Bertz CT molecular complexity index is 766. The van der Waals surface area contributed by atoms with Crippen LogP contribution in [-0.2, 0) is 6.42 Å². The predicted molar refractivity (Wildman–Crippen MR) is 92.5 cm³/mol. The van der Waals surface area contributed by atoms with Crippen molar-refractivity contribution in [3.63, 3.8) is 0 Å². The van der Waals surface area contributed by atoms with Gasteiger partial charge in [0.1, 0.15) is 11.6 Å². The zero-order valence-corrected chi connectivity index (χ0v) is 13.6. The summed E-state index contributed by atoms with van der Waals surface area (Å²) in [4.78, 5) is 15.5. The second-order valence-electron chi connectivity index (χ2n) is 6.60. The maximum atomic E-state index is 14.4. The fourth-order valence-corrected chi connectivity index (χ4v) is 3.34. The zero-order chi connectivity index (χ0) is 17.1. The average molecular weight is 330 g/mol. The third-order valence-corrected chi connectivity index (χ3v) is 4.85. The van der Waals surface area contributed by atoms with Gasteiger partial charge < -0.3 is 11.5 Å². The van der Waals surface area contributed by atoms with E-state index in [4.69, 9.17) is 11.5 Å². The number of anilines is 1. The lowest BCUT2D eigenvalue weighted by atomic mass is 9.83. The number of hydrogen-bond acceptors (Lipinski definition) is 4. The van der Waals surface area contributed by atoms with Crippen LogP contribution in [0.3, 0.4) is 0 Å². The number of benzene rings is 1. The van der Waals surface area contributed by atoms with Gasteiger partial charge in [-0.05, 0) is 68.2 Å². The molecule has 24 heavy (non-hydrogen) atoms. The smallest absolute Gasteiger partial charge is 0.354 e. The highest BCUT2D eigenvalue weighted by Crippen LogP contribution is 2.27. The van der Waals surface area contributed by atoms with Crippen LogP contribution < -0.4 is 17.2 Å². The van der Waals surface area contributed by atoms with Gasteiger partial charge in [-0.1, -0.05) is 6.07 Å². The van der Waals surface area contributed by atoms with Gasteiger partial charge in [-0.25, -0.2) is 9.18 Å². The fraction of sp³-hybridized carbons (Fsp3) is 0.444. The second kappa shape index (κ2) is 7.13. The van der Waals surface area contributed by atoms with E-state index < -0.39 is 5.69 Å². The van der Waals surface area contributed by atoms with Crippen molar-refractivity contribution in [2.24, 2.45) is 11.7 Å². The normalized spacial score (nSPS) is 20.9. The molecule has 1 aromatic carbocycles. The first-order chi connectivity index (χ1) is 11.5. The number of hydrogen-bond donors (Lipinski definition) is 2. The molecule has 1 saturated carbocycles.